The molecule has 2 unspecified atom stereocenters. The Labute approximate surface area is 150 Å². The monoisotopic (exact) mass is 364 g/mol. The molecular weight excluding hydrogens is 340 g/mol. The molecule has 1 amide bonds. The maximum atomic E-state index is 12.3. The number of piperidine rings is 1. The second kappa shape index (κ2) is 7.53. The summed E-state index contributed by atoms with van der Waals surface area (Å²) in [6.45, 7) is 8.12. The van der Waals surface area contributed by atoms with Gasteiger partial charge in [-0.1, -0.05) is 13.8 Å². The maximum absolute atomic E-state index is 12.3. The Balaban J connectivity index is 1.56. The van der Waals surface area contributed by atoms with Crippen LogP contribution in [0.4, 0.5) is 0 Å². The van der Waals surface area contributed by atoms with Gasteiger partial charge in [0.1, 0.15) is 0 Å². The molecule has 3 rings (SSSR count). The zero-order chi connectivity index (χ0) is 18.0. The lowest BCUT2D eigenvalue weighted by Gasteiger charge is -2.34. The largest absolute Gasteiger partial charge is 0.492 e. The highest BCUT2D eigenvalue weighted by molar-refractivity contribution is 7.15. The highest BCUT2D eigenvalue weighted by Gasteiger charge is 2.22. The fraction of sp³-hybridized carbons (Fsp3) is 0.588. The number of amides is 1. The smallest absolute Gasteiger partial charge is 0.275 e. The van der Waals surface area contributed by atoms with Crippen LogP contribution in [0.2, 0.25) is 0 Å². The number of rotatable bonds is 5. The van der Waals surface area contributed by atoms with Gasteiger partial charge in [0.05, 0.1) is 0 Å². The molecule has 1 fully saturated rings. The predicted molar refractivity (Wildman–Crippen MR) is 97.3 cm³/mol. The first kappa shape index (κ1) is 17.9. The third-order valence-electron chi connectivity index (χ3n) is 4.56. The Morgan fingerprint density at radius 2 is 2.12 bits per heavy atom. The molecule has 2 atom stereocenters. The fourth-order valence-electron chi connectivity index (χ4n) is 3.64. The number of hydrogen-bond acceptors (Lipinski definition) is 6. The van der Waals surface area contributed by atoms with Gasteiger partial charge in [-0.15, -0.1) is 11.3 Å². The molecule has 2 N–H and O–H groups in total. The van der Waals surface area contributed by atoms with E-state index in [-0.39, 0.29) is 5.56 Å². The number of carbonyl (C=O) groups excluding carboxylic acids is 1. The van der Waals surface area contributed by atoms with E-state index >= 15 is 0 Å². The van der Waals surface area contributed by atoms with Crippen molar-refractivity contribution >= 4 is 22.2 Å². The average Bonchev–Trinajstić information content (AvgIpc) is 2.99. The normalized spacial score (nSPS) is 21.5. The molecule has 7 nitrogen and oxygen atoms in total. The molecule has 1 saturated heterocycles. The van der Waals surface area contributed by atoms with Crippen molar-refractivity contribution in [1.29, 1.82) is 0 Å². The Kier molecular flexibility index (Phi) is 5.39. The molecule has 25 heavy (non-hydrogen) atoms. The van der Waals surface area contributed by atoms with Gasteiger partial charge < -0.3 is 15.3 Å². The van der Waals surface area contributed by atoms with Crippen LogP contribution in [0.3, 0.4) is 0 Å². The van der Waals surface area contributed by atoms with Crippen LogP contribution < -0.4 is 10.9 Å². The van der Waals surface area contributed by atoms with Crippen molar-refractivity contribution in [3.8, 4) is 5.88 Å². The highest BCUT2D eigenvalue weighted by Crippen LogP contribution is 2.20. The van der Waals surface area contributed by atoms with Crippen molar-refractivity contribution in [3.63, 3.8) is 0 Å². The van der Waals surface area contributed by atoms with Crippen LogP contribution in [0.1, 0.15) is 37.0 Å². The van der Waals surface area contributed by atoms with Crippen LogP contribution in [0.5, 0.6) is 5.88 Å². The number of hydrogen-bond donors (Lipinski definition) is 2. The maximum Gasteiger partial charge on any atom is 0.275 e. The summed E-state index contributed by atoms with van der Waals surface area (Å²) < 4.78 is 1.27. The summed E-state index contributed by atoms with van der Waals surface area (Å²) in [6.07, 6.45) is 3.63. The van der Waals surface area contributed by atoms with E-state index in [2.05, 4.69) is 29.0 Å². The molecule has 0 aromatic carbocycles. The first-order valence-corrected chi connectivity index (χ1v) is 9.53. The quantitative estimate of drug-likeness (QED) is 0.786. The van der Waals surface area contributed by atoms with Crippen molar-refractivity contribution in [2.75, 3.05) is 26.2 Å². The summed E-state index contributed by atoms with van der Waals surface area (Å²) in [4.78, 5) is 31.3. The van der Waals surface area contributed by atoms with Crippen LogP contribution in [0, 0.1) is 11.8 Å². The van der Waals surface area contributed by atoms with Crippen LogP contribution in [-0.2, 0) is 0 Å². The summed E-state index contributed by atoms with van der Waals surface area (Å²) in [7, 11) is 0. The topological polar surface area (TPSA) is 86.9 Å². The number of aromatic hydroxyl groups is 1. The molecular formula is C17H24N4O3S. The second-order valence-corrected chi connectivity index (χ2v) is 7.86. The van der Waals surface area contributed by atoms with Gasteiger partial charge in [-0.05, 0) is 31.2 Å². The number of nitrogens with zero attached hydrogens (tertiary/aromatic N) is 3. The Morgan fingerprint density at radius 3 is 2.84 bits per heavy atom. The Hall–Kier alpha value is -1.93. The van der Waals surface area contributed by atoms with Gasteiger partial charge >= 0.3 is 0 Å². The molecule has 0 radical (unpaired) electrons. The standard InChI is InChI=1S/C17H24N4O3S/c1-11-8-12(2)10-20(9-11)5-3-4-18-14(22)13-15(23)19-17-21(16(13)24)6-7-25-17/h6-7,11-12,23H,3-5,8-10H2,1-2H3,(H,18,22). The van der Waals surface area contributed by atoms with Crippen molar-refractivity contribution in [2.45, 2.75) is 26.7 Å². The molecule has 0 saturated carbocycles. The minimum Gasteiger partial charge on any atom is -0.492 e. The Morgan fingerprint density at radius 1 is 1.40 bits per heavy atom. The van der Waals surface area contributed by atoms with E-state index in [1.54, 1.807) is 11.6 Å². The van der Waals surface area contributed by atoms with Gasteiger partial charge in [-0.2, -0.15) is 4.98 Å². The van der Waals surface area contributed by atoms with E-state index < -0.39 is 17.3 Å². The van der Waals surface area contributed by atoms with Crippen LogP contribution in [-0.4, -0.2) is 51.5 Å². The lowest BCUT2D eigenvalue weighted by molar-refractivity contribution is 0.0942. The van der Waals surface area contributed by atoms with Gasteiger partial charge in [-0.25, -0.2) is 0 Å². The summed E-state index contributed by atoms with van der Waals surface area (Å²) in [6, 6.07) is 0. The van der Waals surface area contributed by atoms with E-state index in [9.17, 15) is 14.7 Å². The van der Waals surface area contributed by atoms with E-state index in [4.69, 9.17) is 0 Å². The van der Waals surface area contributed by atoms with Crippen LogP contribution >= 0.6 is 11.3 Å². The number of nitrogens with one attached hydrogen (secondary N) is 1. The van der Waals surface area contributed by atoms with E-state index in [1.165, 1.54) is 22.2 Å². The molecule has 0 spiro atoms. The summed E-state index contributed by atoms with van der Waals surface area (Å²) >= 11 is 1.23. The lowest BCUT2D eigenvalue weighted by Crippen LogP contribution is -2.40. The SMILES string of the molecule is CC1CC(C)CN(CCCNC(=O)c2c(O)nc3sccn3c2=O)C1. The summed E-state index contributed by atoms with van der Waals surface area (Å²) in [5, 5.41) is 14.3. The third kappa shape index (κ3) is 4.01. The van der Waals surface area contributed by atoms with Gasteiger partial charge in [0.2, 0.25) is 5.88 Å². The van der Waals surface area contributed by atoms with E-state index in [0.29, 0.717) is 23.3 Å². The molecule has 1 aliphatic heterocycles. The fourth-order valence-corrected chi connectivity index (χ4v) is 4.34. The molecule has 8 heteroatoms. The van der Waals surface area contributed by atoms with Crippen LogP contribution in [0.15, 0.2) is 16.4 Å². The Bertz CT molecular complexity index is 806. The zero-order valence-electron chi connectivity index (χ0n) is 14.6. The minimum atomic E-state index is -0.573. The molecule has 2 aromatic heterocycles. The number of likely N-dealkylation sites (tertiary alicyclic amines) is 1. The molecule has 0 aliphatic carbocycles. The van der Waals surface area contributed by atoms with E-state index in [1.807, 2.05) is 0 Å². The molecule has 3 heterocycles. The van der Waals surface area contributed by atoms with Crippen molar-refractivity contribution < 1.29 is 9.90 Å². The number of fused-ring (bicyclic) bond motifs is 1. The first-order chi connectivity index (χ1) is 12.0. The summed E-state index contributed by atoms with van der Waals surface area (Å²) in [5.41, 5.74) is -0.837. The van der Waals surface area contributed by atoms with E-state index in [0.717, 1.165) is 26.1 Å². The van der Waals surface area contributed by atoms with Crippen LogP contribution in [0.25, 0.3) is 4.96 Å². The van der Waals surface area contributed by atoms with Gasteiger partial charge in [0.15, 0.2) is 10.5 Å². The van der Waals surface area contributed by atoms with Gasteiger partial charge in [0, 0.05) is 31.2 Å². The average molecular weight is 364 g/mol. The number of aromatic nitrogens is 2. The highest BCUT2D eigenvalue weighted by atomic mass is 32.1. The predicted octanol–water partition coefficient (Wildman–Crippen LogP) is 1.56. The molecule has 2 aromatic rings. The van der Waals surface area contributed by atoms with Crippen molar-refractivity contribution in [1.82, 2.24) is 19.6 Å². The van der Waals surface area contributed by atoms with Gasteiger partial charge in [-0.3, -0.25) is 14.0 Å². The number of carbonyl (C=O) groups is 1. The van der Waals surface area contributed by atoms with Crippen molar-refractivity contribution in [2.24, 2.45) is 11.8 Å². The third-order valence-corrected chi connectivity index (χ3v) is 5.31. The van der Waals surface area contributed by atoms with Crippen molar-refractivity contribution in [3.05, 3.63) is 27.5 Å². The number of thiazole rings is 1. The molecule has 136 valence electrons. The minimum absolute atomic E-state index is 0.295. The second-order valence-electron chi connectivity index (χ2n) is 6.99. The molecule has 1 aliphatic rings. The van der Waals surface area contributed by atoms with Gasteiger partial charge in [0.25, 0.3) is 11.5 Å². The molecule has 0 bridgehead atoms. The lowest BCUT2D eigenvalue weighted by atomic mass is 9.92. The zero-order valence-corrected chi connectivity index (χ0v) is 15.4. The first-order valence-electron chi connectivity index (χ1n) is 8.65. The summed E-state index contributed by atoms with van der Waals surface area (Å²) in [5.74, 6) is 0.331.